The fraction of sp³-hybridized carbons (Fsp3) is 0.333. The van der Waals surface area contributed by atoms with Gasteiger partial charge in [-0.2, -0.15) is 0 Å². The minimum absolute atomic E-state index is 0.386. The van der Waals surface area contributed by atoms with Crippen molar-refractivity contribution in [3.63, 3.8) is 0 Å². The maximum Gasteiger partial charge on any atom is 0.0604 e. The summed E-state index contributed by atoms with van der Waals surface area (Å²) >= 11 is 1.99. The second kappa shape index (κ2) is 10.8. The Morgan fingerprint density at radius 3 is 2.62 bits per heavy atom. The fourth-order valence-electron chi connectivity index (χ4n) is 7.28. The number of nitrogens with one attached hydrogen (secondary N) is 1. The highest BCUT2D eigenvalue weighted by Gasteiger charge is 2.44. The van der Waals surface area contributed by atoms with E-state index in [9.17, 15) is 0 Å². The van der Waals surface area contributed by atoms with Crippen molar-refractivity contribution in [1.82, 2.24) is 10.2 Å². The van der Waals surface area contributed by atoms with Crippen LogP contribution in [0.2, 0.25) is 0 Å². The zero-order valence-corrected chi connectivity index (χ0v) is 23.6. The lowest BCUT2D eigenvalue weighted by molar-refractivity contribution is 0.257. The molecule has 0 aromatic heterocycles. The largest absolute Gasteiger partial charge is 0.379 e. The highest BCUT2D eigenvalue weighted by molar-refractivity contribution is 7.99. The van der Waals surface area contributed by atoms with Crippen molar-refractivity contribution in [3.8, 4) is 0 Å². The van der Waals surface area contributed by atoms with Crippen LogP contribution in [0.15, 0.2) is 131 Å². The van der Waals surface area contributed by atoms with Gasteiger partial charge in [0, 0.05) is 39.6 Å². The molecule has 3 aliphatic carbocycles. The van der Waals surface area contributed by atoms with Crippen LogP contribution in [0.5, 0.6) is 0 Å². The third kappa shape index (κ3) is 4.76. The fourth-order valence-corrected chi connectivity index (χ4v) is 8.34. The van der Waals surface area contributed by atoms with Gasteiger partial charge in [-0.3, -0.25) is 0 Å². The van der Waals surface area contributed by atoms with Crippen LogP contribution in [0.3, 0.4) is 0 Å². The van der Waals surface area contributed by atoms with Crippen molar-refractivity contribution in [1.29, 1.82) is 0 Å². The molecule has 0 bridgehead atoms. The summed E-state index contributed by atoms with van der Waals surface area (Å²) < 4.78 is 0. The number of nitrogens with zero attached hydrogens (tertiary/aromatic N) is 1. The van der Waals surface area contributed by atoms with Crippen LogP contribution in [0, 0.1) is 0 Å². The zero-order chi connectivity index (χ0) is 26.2. The molecule has 1 fully saturated rings. The van der Waals surface area contributed by atoms with Crippen LogP contribution in [-0.4, -0.2) is 28.8 Å². The number of likely N-dealkylation sites (tertiary alicyclic amines) is 1. The SMILES string of the molecule is CC1C/C(N2C3CC=CC=C3C3=C(NC4C=CC(c5ccccc5)CC4)C=CCC32)=C\CSc2ccccc21. The number of fused-ring (bicyclic) bond motifs is 4. The van der Waals surface area contributed by atoms with Gasteiger partial charge in [0.1, 0.15) is 0 Å². The zero-order valence-electron chi connectivity index (χ0n) is 22.8. The number of hydrogen-bond acceptors (Lipinski definition) is 3. The lowest BCUT2D eigenvalue weighted by atomic mass is 9.86. The Bertz CT molecular complexity index is 1410. The minimum atomic E-state index is 0.386. The standard InChI is InChI=1S/C36H38N2S/c1-25-24-29(22-23-39-35-17-8-6-12-30(25)35)38-33-15-7-5-13-31(33)36-32(14-9-16-34(36)38)37-28-20-18-27(19-21-28)26-10-3-2-4-11-26/h2-14,17-18,20,22,25,27-28,33-34,37H,15-16,19,21,23-24H2,1H3/b29-22+. The molecule has 7 rings (SSSR count). The van der Waals surface area contributed by atoms with E-state index in [1.165, 1.54) is 45.0 Å². The monoisotopic (exact) mass is 530 g/mol. The van der Waals surface area contributed by atoms with Gasteiger partial charge in [-0.25, -0.2) is 0 Å². The Balaban J connectivity index is 1.17. The van der Waals surface area contributed by atoms with E-state index in [4.69, 9.17) is 0 Å². The van der Waals surface area contributed by atoms with Crippen molar-refractivity contribution in [3.05, 3.63) is 137 Å². The van der Waals surface area contributed by atoms with Gasteiger partial charge >= 0.3 is 0 Å². The molecule has 39 heavy (non-hydrogen) atoms. The maximum atomic E-state index is 3.99. The number of hydrogen-bond donors (Lipinski definition) is 1. The molecule has 2 aromatic carbocycles. The summed E-state index contributed by atoms with van der Waals surface area (Å²) in [5.74, 6) is 2.09. The molecule has 0 spiro atoms. The highest BCUT2D eigenvalue weighted by Crippen LogP contribution is 2.47. The first-order chi connectivity index (χ1) is 19.3. The summed E-state index contributed by atoms with van der Waals surface area (Å²) in [5, 5.41) is 3.99. The topological polar surface area (TPSA) is 15.3 Å². The van der Waals surface area contributed by atoms with E-state index in [1.54, 1.807) is 0 Å². The van der Waals surface area contributed by atoms with Gasteiger partial charge in [-0.1, -0.05) is 98.0 Å². The molecule has 198 valence electrons. The summed E-state index contributed by atoms with van der Waals surface area (Å²) in [7, 11) is 0. The molecule has 3 heteroatoms. The van der Waals surface area contributed by atoms with E-state index in [1.807, 2.05) is 11.8 Å². The first-order valence-electron chi connectivity index (χ1n) is 14.7. The molecule has 2 heterocycles. The lowest BCUT2D eigenvalue weighted by Gasteiger charge is -2.37. The first kappa shape index (κ1) is 24.8. The molecule has 0 amide bonds. The quantitative estimate of drug-likeness (QED) is 0.400. The summed E-state index contributed by atoms with van der Waals surface area (Å²) in [6.45, 7) is 2.41. The van der Waals surface area contributed by atoms with Crippen molar-refractivity contribution in [2.24, 2.45) is 0 Å². The van der Waals surface area contributed by atoms with Gasteiger partial charge in [-0.15, -0.1) is 11.8 Å². The van der Waals surface area contributed by atoms with Crippen LogP contribution in [0.4, 0.5) is 0 Å². The van der Waals surface area contributed by atoms with Crippen LogP contribution < -0.4 is 5.32 Å². The van der Waals surface area contributed by atoms with Gasteiger partial charge < -0.3 is 10.2 Å². The van der Waals surface area contributed by atoms with E-state index in [0.717, 1.165) is 31.4 Å². The highest BCUT2D eigenvalue weighted by atomic mass is 32.2. The van der Waals surface area contributed by atoms with Crippen LogP contribution in [0.25, 0.3) is 0 Å². The minimum Gasteiger partial charge on any atom is -0.379 e. The third-order valence-corrected chi connectivity index (χ3v) is 10.2. The van der Waals surface area contributed by atoms with E-state index < -0.39 is 0 Å². The molecule has 2 nitrogen and oxygen atoms in total. The summed E-state index contributed by atoms with van der Waals surface area (Å²) in [6.07, 6.45) is 24.8. The molecule has 1 N–H and O–H groups in total. The Morgan fingerprint density at radius 2 is 1.74 bits per heavy atom. The lowest BCUT2D eigenvalue weighted by Crippen LogP contribution is -2.38. The van der Waals surface area contributed by atoms with Crippen molar-refractivity contribution in [2.45, 2.75) is 73.9 Å². The van der Waals surface area contributed by atoms with E-state index in [0.29, 0.717) is 30.0 Å². The molecule has 2 aliphatic heterocycles. The number of benzene rings is 2. The maximum absolute atomic E-state index is 3.99. The van der Waals surface area contributed by atoms with E-state index in [-0.39, 0.29) is 0 Å². The predicted molar refractivity (Wildman–Crippen MR) is 165 cm³/mol. The van der Waals surface area contributed by atoms with Crippen molar-refractivity contribution in [2.75, 3.05) is 5.75 Å². The molecule has 0 saturated carbocycles. The van der Waals surface area contributed by atoms with Crippen LogP contribution >= 0.6 is 11.8 Å². The van der Waals surface area contributed by atoms with Gasteiger partial charge in [0.2, 0.25) is 0 Å². The van der Waals surface area contributed by atoms with Gasteiger partial charge in [0.15, 0.2) is 0 Å². The summed E-state index contributed by atoms with van der Waals surface area (Å²) in [4.78, 5) is 4.26. The van der Waals surface area contributed by atoms with Crippen molar-refractivity contribution < 1.29 is 0 Å². The Hall–Kier alpha value is -3.17. The molecule has 1 saturated heterocycles. The number of rotatable bonds is 4. The summed E-state index contributed by atoms with van der Waals surface area (Å²) in [6, 6.07) is 21.2. The van der Waals surface area contributed by atoms with Gasteiger partial charge in [0.25, 0.3) is 0 Å². The first-order valence-corrected chi connectivity index (χ1v) is 15.7. The van der Waals surface area contributed by atoms with Gasteiger partial charge in [-0.05, 0) is 66.9 Å². The Labute approximate surface area is 238 Å². The molecule has 2 aromatic rings. The summed E-state index contributed by atoms with van der Waals surface area (Å²) in [5.41, 5.74) is 8.88. The second-order valence-electron chi connectivity index (χ2n) is 11.6. The number of thioether (sulfide) groups is 1. The Kier molecular flexibility index (Phi) is 6.86. The number of allylic oxidation sites excluding steroid dienone is 5. The molecule has 0 radical (unpaired) electrons. The predicted octanol–water partition coefficient (Wildman–Crippen LogP) is 8.41. The van der Waals surface area contributed by atoms with Crippen LogP contribution in [0.1, 0.15) is 62.0 Å². The molecular weight excluding hydrogens is 492 g/mol. The third-order valence-electron chi connectivity index (χ3n) is 9.17. The average Bonchev–Trinajstić information content (AvgIpc) is 3.32. The average molecular weight is 531 g/mol. The molecule has 5 atom stereocenters. The van der Waals surface area contributed by atoms with Crippen LogP contribution in [-0.2, 0) is 0 Å². The molecule has 5 unspecified atom stereocenters. The molecular formula is C36H38N2S. The van der Waals surface area contributed by atoms with Gasteiger partial charge in [0.05, 0.1) is 12.1 Å². The second-order valence-corrected chi connectivity index (χ2v) is 12.6. The van der Waals surface area contributed by atoms with E-state index in [2.05, 4.69) is 120 Å². The molecule has 5 aliphatic rings. The van der Waals surface area contributed by atoms with E-state index >= 15 is 0 Å². The Morgan fingerprint density at radius 1 is 0.897 bits per heavy atom. The van der Waals surface area contributed by atoms with Crippen molar-refractivity contribution >= 4 is 11.8 Å². The smallest absolute Gasteiger partial charge is 0.0604 e. The normalized spacial score (nSPS) is 30.9.